The second-order valence-electron chi connectivity index (χ2n) is 6.43. The zero-order valence-corrected chi connectivity index (χ0v) is 14.4. The average Bonchev–Trinajstić information content (AvgIpc) is 3.16. The highest BCUT2D eigenvalue weighted by Gasteiger charge is 2.30. The van der Waals surface area contributed by atoms with Crippen molar-refractivity contribution in [2.24, 2.45) is 0 Å². The quantitative estimate of drug-likeness (QED) is 0.615. The van der Waals surface area contributed by atoms with E-state index in [0.29, 0.717) is 32.8 Å². The molecule has 2 aliphatic heterocycles. The summed E-state index contributed by atoms with van der Waals surface area (Å²) in [4.78, 5) is 38.7. The zero-order chi connectivity index (χ0) is 18.5. The summed E-state index contributed by atoms with van der Waals surface area (Å²) in [5.41, 5.74) is 0.0579. The van der Waals surface area contributed by atoms with Crippen molar-refractivity contribution in [2.45, 2.75) is 18.9 Å². The fraction of sp³-hybridized carbons (Fsp3) is 0.529. The predicted octanol–water partition coefficient (Wildman–Crippen LogP) is 0.857. The minimum atomic E-state index is -0.523. The highest BCUT2D eigenvalue weighted by molar-refractivity contribution is 5.94. The molecule has 0 saturated carbocycles. The standard InChI is InChI=1S/C17H22N4O5/c22-16(18-13-4-1-2-5-14(13)21(24)25)12-19-7-9-20(10-8-19)17(23)15-6-3-11-26-15/h1-2,4-5,15H,3,6-12H2,(H,18,22). The first-order valence-corrected chi connectivity index (χ1v) is 8.70. The van der Waals surface area contributed by atoms with Crippen molar-refractivity contribution in [3.63, 3.8) is 0 Å². The van der Waals surface area contributed by atoms with E-state index in [4.69, 9.17) is 4.74 Å². The number of nitro benzene ring substituents is 1. The summed E-state index contributed by atoms with van der Waals surface area (Å²) >= 11 is 0. The summed E-state index contributed by atoms with van der Waals surface area (Å²) in [6.07, 6.45) is 1.38. The average molecular weight is 362 g/mol. The molecule has 1 unspecified atom stereocenters. The first kappa shape index (κ1) is 18.3. The van der Waals surface area contributed by atoms with Gasteiger partial charge in [0.15, 0.2) is 0 Å². The van der Waals surface area contributed by atoms with Gasteiger partial charge in [-0.05, 0) is 18.9 Å². The molecule has 2 heterocycles. The fourth-order valence-electron chi connectivity index (χ4n) is 3.23. The van der Waals surface area contributed by atoms with E-state index < -0.39 is 4.92 Å². The maximum Gasteiger partial charge on any atom is 0.292 e. The van der Waals surface area contributed by atoms with E-state index in [-0.39, 0.29) is 35.8 Å². The summed E-state index contributed by atoms with van der Waals surface area (Å²) in [5, 5.41) is 13.6. The van der Waals surface area contributed by atoms with Gasteiger partial charge in [0.05, 0.1) is 11.5 Å². The number of ether oxygens (including phenoxy) is 1. The van der Waals surface area contributed by atoms with Gasteiger partial charge in [-0.25, -0.2) is 0 Å². The third-order valence-corrected chi connectivity index (χ3v) is 4.63. The lowest BCUT2D eigenvalue weighted by atomic mass is 10.2. The summed E-state index contributed by atoms with van der Waals surface area (Å²) in [7, 11) is 0. The molecular weight excluding hydrogens is 340 g/mol. The van der Waals surface area contributed by atoms with E-state index in [2.05, 4.69) is 5.32 Å². The molecule has 1 N–H and O–H groups in total. The lowest BCUT2D eigenvalue weighted by Crippen LogP contribution is -2.52. The zero-order valence-electron chi connectivity index (χ0n) is 14.4. The second kappa shape index (κ2) is 8.24. The summed E-state index contributed by atoms with van der Waals surface area (Å²) in [5.74, 6) is -0.273. The number of rotatable bonds is 5. The molecule has 1 aromatic rings. The van der Waals surface area contributed by atoms with Crippen LogP contribution in [0.5, 0.6) is 0 Å². The van der Waals surface area contributed by atoms with Crippen molar-refractivity contribution < 1.29 is 19.2 Å². The van der Waals surface area contributed by atoms with Crippen LogP contribution in [0.25, 0.3) is 0 Å². The molecular formula is C17H22N4O5. The third-order valence-electron chi connectivity index (χ3n) is 4.63. The molecule has 3 rings (SSSR count). The van der Waals surface area contributed by atoms with Crippen LogP contribution in [0.4, 0.5) is 11.4 Å². The van der Waals surface area contributed by atoms with Gasteiger partial charge in [0.2, 0.25) is 5.91 Å². The van der Waals surface area contributed by atoms with Crippen molar-refractivity contribution >= 4 is 23.2 Å². The van der Waals surface area contributed by atoms with E-state index >= 15 is 0 Å². The Morgan fingerprint density at radius 2 is 1.96 bits per heavy atom. The van der Waals surface area contributed by atoms with Crippen LogP contribution >= 0.6 is 0 Å². The summed E-state index contributed by atoms with van der Waals surface area (Å²) in [6, 6.07) is 6.05. The Labute approximate surface area is 151 Å². The van der Waals surface area contributed by atoms with Gasteiger partial charge < -0.3 is 15.0 Å². The highest BCUT2D eigenvalue weighted by Crippen LogP contribution is 2.23. The minimum Gasteiger partial charge on any atom is -0.368 e. The van der Waals surface area contributed by atoms with Gasteiger partial charge >= 0.3 is 0 Å². The Kier molecular flexibility index (Phi) is 5.79. The van der Waals surface area contributed by atoms with Gasteiger partial charge in [0.25, 0.3) is 11.6 Å². The van der Waals surface area contributed by atoms with Crippen molar-refractivity contribution in [3.8, 4) is 0 Å². The number of hydrogen-bond donors (Lipinski definition) is 1. The molecule has 0 aromatic heterocycles. The first-order chi connectivity index (χ1) is 12.5. The lowest BCUT2D eigenvalue weighted by molar-refractivity contribution is -0.383. The molecule has 0 bridgehead atoms. The minimum absolute atomic E-state index is 0.0338. The van der Waals surface area contributed by atoms with E-state index in [0.717, 1.165) is 12.8 Å². The van der Waals surface area contributed by atoms with Crippen molar-refractivity contribution in [2.75, 3.05) is 44.6 Å². The molecule has 1 atom stereocenters. The molecule has 0 aliphatic carbocycles. The Balaban J connectivity index is 1.48. The molecule has 9 heteroatoms. The van der Waals surface area contributed by atoms with Gasteiger partial charge in [0.1, 0.15) is 11.8 Å². The van der Waals surface area contributed by atoms with Crippen molar-refractivity contribution in [3.05, 3.63) is 34.4 Å². The molecule has 26 heavy (non-hydrogen) atoms. The van der Waals surface area contributed by atoms with Gasteiger partial charge in [-0.15, -0.1) is 0 Å². The molecule has 2 saturated heterocycles. The number of anilines is 1. The van der Waals surface area contributed by atoms with Crippen LogP contribution in [0, 0.1) is 10.1 Å². The van der Waals surface area contributed by atoms with E-state index in [1.807, 2.05) is 4.90 Å². The SMILES string of the molecule is O=C(CN1CCN(C(=O)C2CCCO2)CC1)Nc1ccccc1[N+](=O)[O-]. The molecule has 1 aromatic carbocycles. The number of carbonyl (C=O) groups excluding carboxylic acids is 2. The van der Waals surface area contributed by atoms with Gasteiger partial charge in [-0.2, -0.15) is 0 Å². The lowest BCUT2D eigenvalue weighted by Gasteiger charge is -2.35. The van der Waals surface area contributed by atoms with Crippen LogP contribution in [0.2, 0.25) is 0 Å². The Morgan fingerprint density at radius 1 is 1.23 bits per heavy atom. The van der Waals surface area contributed by atoms with Gasteiger partial charge in [-0.3, -0.25) is 24.6 Å². The number of benzene rings is 1. The Hall–Kier alpha value is -2.52. The second-order valence-corrected chi connectivity index (χ2v) is 6.43. The van der Waals surface area contributed by atoms with Crippen LogP contribution in [0.3, 0.4) is 0 Å². The molecule has 140 valence electrons. The van der Waals surface area contributed by atoms with E-state index in [9.17, 15) is 19.7 Å². The van der Waals surface area contributed by atoms with E-state index in [1.165, 1.54) is 12.1 Å². The number of piperazine rings is 1. The fourth-order valence-corrected chi connectivity index (χ4v) is 3.23. The third kappa shape index (κ3) is 4.36. The van der Waals surface area contributed by atoms with Crippen molar-refractivity contribution in [1.82, 2.24) is 9.80 Å². The summed E-state index contributed by atoms with van der Waals surface area (Å²) in [6.45, 7) is 3.05. The predicted molar refractivity (Wildman–Crippen MR) is 93.7 cm³/mol. The first-order valence-electron chi connectivity index (χ1n) is 8.70. The number of nitrogens with one attached hydrogen (secondary N) is 1. The molecule has 2 amide bonds. The molecule has 2 aliphatic rings. The van der Waals surface area contributed by atoms with E-state index in [1.54, 1.807) is 17.0 Å². The maximum atomic E-state index is 12.3. The maximum absolute atomic E-state index is 12.3. The monoisotopic (exact) mass is 362 g/mol. The van der Waals surface area contributed by atoms with Crippen LogP contribution in [-0.4, -0.2) is 72.0 Å². The van der Waals surface area contributed by atoms with Crippen LogP contribution in [-0.2, 0) is 14.3 Å². The Bertz CT molecular complexity index is 681. The van der Waals surface area contributed by atoms with Crippen LogP contribution < -0.4 is 5.32 Å². The van der Waals surface area contributed by atoms with Gasteiger partial charge in [-0.1, -0.05) is 12.1 Å². The van der Waals surface area contributed by atoms with Crippen molar-refractivity contribution in [1.29, 1.82) is 0 Å². The van der Waals surface area contributed by atoms with Crippen LogP contribution in [0.15, 0.2) is 24.3 Å². The highest BCUT2D eigenvalue weighted by atomic mass is 16.6. The normalized spacial score (nSPS) is 20.8. The number of carbonyl (C=O) groups is 2. The number of hydrogen-bond acceptors (Lipinski definition) is 6. The molecule has 0 radical (unpaired) electrons. The molecule has 9 nitrogen and oxygen atoms in total. The number of nitrogens with zero attached hydrogens (tertiary/aromatic N) is 3. The molecule has 2 fully saturated rings. The topological polar surface area (TPSA) is 105 Å². The molecule has 0 spiro atoms. The largest absolute Gasteiger partial charge is 0.368 e. The Morgan fingerprint density at radius 3 is 2.62 bits per heavy atom. The van der Waals surface area contributed by atoms with Gasteiger partial charge in [0, 0.05) is 38.9 Å². The van der Waals surface area contributed by atoms with Crippen LogP contribution in [0.1, 0.15) is 12.8 Å². The smallest absolute Gasteiger partial charge is 0.292 e. The number of para-hydroxylation sites is 2. The number of amides is 2. The number of nitro groups is 1. The summed E-state index contributed by atoms with van der Waals surface area (Å²) < 4.78 is 5.43.